The Balaban J connectivity index is 2.20. The van der Waals surface area contributed by atoms with Crippen LogP contribution in [0.2, 0.25) is 0 Å². The molecule has 0 aromatic carbocycles. The van der Waals surface area contributed by atoms with E-state index in [4.69, 9.17) is 4.74 Å². The molecule has 0 aromatic rings. The minimum absolute atomic E-state index is 0.342. The van der Waals surface area contributed by atoms with Crippen molar-refractivity contribution in [1.29, 1.82) is 0 Å². The van der Waals surface area contributed by atoms with Gasteiger partial charge in [0.15, 0.2) is 0 Å². The van der Waals surface area contributed by atoms with Gasteiger partial charge in [-0.25, -0.2) is 0 Å². The molecule has 0 saturated heterocycles. The van der Waals surface area contributed by atoms with Crippen LogP contribution in [0.3, 0.4) is 0 Å². The molecule has 1 rings (SSSR count). The lowest BCUT2D eigenvalue weighted by atomic mass is 10.2. The Morgan fingerprint density at radius 2 is 2.12 bits per heavy atom. The lowest BCUT2D eigenvalue weighted by Gasteiger charge is -2.09. The fourth-order valence-corrected chi connectivity index (χ4v) is 1.15. The first-order valence-corrected chi connectivity index (χ1v) is 3.38. The van der Waals surface area contributed by atoms with Gasteiger partial charge >= 0.3 is 0 Å². The normalized spacial score (nSPS) is 23.2. The molecule has 1 nitrogen and oxygen atoms in total. The van der Waals surface area contributed by atoms with Crippen molar-refractivity contribution in [1.82, 2.24) is 0 Å². The van der Waals surface area contributed by atoms with Crippen LogP contribution in [0, 0.1) is 0 Å². The number of hydrogen-bond donors (Lipinski definition) is 0. The lowest BCUT2D eigenvalue weighted by molar-refractivity contribution is 0.0722. The summed E-state index contributed by atoms with van der Waals surface area (Å²) in [5, 5.41) is 0. The van der Waals surface area contributed by atoms with Crippen molar-refractivity contribution in [2.24, 2.45) is 0 Å². The van der Waals surface area contributed by atoms with Gasteiger partial charge in [0.25, 0.3) is 0 Å². The van der Waals surface area contributed by atoms with E-state index in [-0.39, 0.29) is 0 Å². The molecular formula is C7H14O. The van der Waals surface area contributed by atoms with E-state index in [1.165, 1.54) is 25.7 Å². The van der Waals surface area contributed by atoms with E-state index in [1.807, 2.05) is 7.11 Å². The summed E-state index contributed by atoms with van der Waals surface area (Å²) in [4.78, 5) is 0. The Hall–Kier alpha value is -0.0400. The van der Waals surface area contributed by atoms with Crippen LogP contribution in [0.15, 0.2) is 0 Å². The van der Waals surface area contributed by atoms with Gasteiger partial charge in [0, 0.05) is 7.11 Å². The van der Waals surface area contributed by atoms with Gasteiger partial charge in [0.1, 0.15) is 0 Å². The molecule has 0 aromatic heterocycles. The maximum Gasteiger partial charge on any atom is 0.0680 e. The largest absolute Gasteiger partial charge is 0.378 e. The molecule has 0 aliphatic heterocycles. The molecule has 0 N–H and O–H groups in total. The molecule has 0 amide bonds. The van der Waals surface area contributed by atoms with Gasteiger partial charge < -0.3 is 4.74 Å². The second-order valence-electron chi connectivity index (χ2n) is 2.64. The van der Waals surface area contributed by atoms with Crippen LogP contribution in [0.5, 0.6) is 0 Å². The highest BCUT2D eigenvalue weighted by molar-refractivity contribution is 4.94. The predicted molar refractivity (Wildman–Crippen MR) is 33.9 cm³/mol. The average molecular weight is 114 g/mol. The third kappa shape index (κ3) is 1.03. The van der Waals surface area contributed by atoms with E-state index >= 15 is 0 Å². The average Bonchev–Trinajstić information content (AvgIpc) is 2.50. The fourth-order valence-electron chi connectivity index (χ4n) is 1.15. The maximum atomic E-state index is 5.29. The minimum atomic E-state index is 0.342. The first kappa shape index (κ1) is 6.09. The summed E-state index contributed by atoms with van der Waals surface area (Å²) >= 11 is 0. The molecule has 1 aliphatic rings. The van der Waals surface area contributed by atoms with Gasteiger partial charge in [0.2, 0.25) is 0 Å². The van der Waals surface area contributed by atoms with E-state index < -0.39 is 0 Å². The van der Waals surface area contributed by atoms with Crippen LogP contribution >= 0.6 is 0 Å². The van der Waals surface area contributed by atoms with Crippen molar-refractivity contribution < 1.29 is 4.74 Å². The molecule has 0 unspecified atom stereocenters. The zero-order valence-corrected chi connectivity index (χ0v) is 5.74. The highest BCUT2D eigenvalue weighted by Crippen LogP contribution is 2.42. The van der Waals surface area contributed by atoms with E-state index in [1.54, 1.807) is 0 Å². The second kappa shape index (κ2) is 2.06. The molecule has 1 aliphatic carbocycles. The minimum Gasteiger partial charge on any atom is -0.378 e. The lowest BCUT2D eigenvalue weighted by Crippen LogP contribution is -2.09. The third-order valence-corrected chi connectivity index (χ3v) is 1.95. The highest BCUT2D eigenvalue weighted by atomic mass is 16.5. The summed E-state index contributed by atoms with van der Waals surface area (Å²) in [5.41, 5.74) is 0.342. The predicted octanol–water partition coefficient (Wildman–Crippen LogP) is 1.97. The molecule has 1 saturated carbocycles. The molecule has 8 heavy (non-hydrogen) atoms. The zero-order chi connectivity index (χ0) is 6.04. The van der Waals surface area contributed by atoms with Crippen LogP contribution in [-0.4, -0.2) is 12.7 Å². The number of rotatable bonds is 3. The van der Waals surface area contributed by atoms with E-state index in [9.17, 15) is 0 Å². The molecule has 0 bridgehead atoms. The third-order valence-electron chi connectivity index (χ3n) is 1.95. The van der Waals surface area contributed by atoms with Crippen molar-refractivity contribution in [2.75, 3.05) is 7.11 Å². The molecule has 1 heteroatoms. The van der Waals surface area contributed by atoms with Crippen molar-refractivity contribution in [2.45, 2.75) is 38.2 Å². The van der Waals surface area contributed by atoms with Crippen LogP contribution in [-0.2, 0) is 4.74 Å². The first-order chi connectivity index (χ1) is 3.83. The van der Waals surface area contributed by atoms with Gasteiger partial charge in [0.05, 0.1) is 5.60 Å². The molecular weight excluding hydrogens is 100 g/mol. The fraction of sp³-hybridized carbons (Fsp3) is 1.00. The van der Waals surface area contributed by atoms with Gasteiger partial charge in [-0.05, 0) is 19.3 Å². The topological polar surface area (TPSA) is 9.23 Å². The quantitative estimate of drug-likeness (QED) is 0.545. The Labute approximate surface area is 51.0 Å². The first-order valence-electron chi connectivity index (χ1n) is 3.38. The van der Waals surface area contributed by atoms with Gasteiger partial charge in [-0.1, -0.05) is 13.3 Å². The number of hydrogen-bond acceptors (Lipinski definition) is 1. The van der Waals surface area contributed by atoms with Crippen molar-refractivity contribution in [3.8, 4) is 0 Å². The standard InChI is InChI=1S/C7H14O/c1-3-4-7(8-2)5-6-7/h3-6H2,1-2H3. The number of methoxy groups -OCH3 is 1. The Morgan fingerprint density at radius 3 is 2.25 bits per heavy atom. The van der Waals surface area contributed by atoms with Crippen LogP contribution in [0.1, 0.15) is 32.6 Å². The monoisotopic (exact) mass is 114 g/mol. The summed E-state index contributed by atoms with van der Waals surface area (Å²) < 4.78 is 5.29. The summed E-state index contributed by atoms with van der Waals surface area (Å²) in [6, 6.07) is 0. The van der Waals surface area contributed by atoms with E-state index in [2.05, 4.69) is 6.92 Å². The molecule has 1 fully saturated rings. The van der Waals surface area contributed by atoms with Crippen LogP contribution in [0.25, 0.3) is 0 Å². The Morgan fingerprint density at radius 1 is 1.50 bits per heavy atom. The van der Waals surface area contributed by atoms with Crippen LogP contribution < -0.4 is 0 Å². The van der Waals surface area contributed by atoms with Gasteiger partial charge in [-0.2, -0.15) is 0 Å². The second-order valence-corrected chi connectivity index (χ2v) is 2.64. The summed E-state index contributed by atoms with van der Waals surface area (Å²) in [7, 11) is 1.82. The Kier molecular flexibility index (Phi) is 1.57. The molecule has 0 radical (unpaired) electrons. The molecule has 0 spiro atoms. The summed E-state index contributed by atoms with van der Waals surface area (Å²) in [6.07, 6.45) is 5.09. The smallest absolute Gasteiger partial charge is 0.0680 e. The van der Waals surface area contributed by atoms with Gasteiger partial charge in [-0.15, -0.1) is 0 Å². The Bertz CT molecular complexity index is 74.5. The highest BCUT2D eigenvalue weighted by Gasteiger charge is 2.41. The summed E-state index contributed by atoms with van der Waals surface area (Å²) in [6.45, 7) is 2.21. The SMILES string of the molecule is CCCC1(OC)CC1. The van der Waals surface area contributed by atoms with Crippen molar-refractivity contribution in [3.63, 3.8) is 0 Å². The summed E-state index contributed by atoms with van der Waals surface area (Å²) in [5.74, 6) is 0. The van der Waals surface area contributed by atoms with E-state index in [0.29, 0.717) is 5.60 Å². The van der Waals surface area contributed by atoms with Crippen LogP contribution in [0.4, 0.5) is 0 Å². The van der Waals surface area contributed by atoms with E-state index in [0.717, 1.165) is 0 Å². The zero-order valence-electron chi connectivity index (χ0n) is 5.74. The number of ether oxygens (including phenoxy) is 1. The molecule has 48 valence electrons. The van der Waals surface area contributed by atoms with Crippen molar-refractivity contribution in [3.05, 3.63) is 0 Å². The van der Waals surface area contributed by atoms with Gasteiger partial charge in [-0.3, -0.25) is 0 Å². The molecule has 0 atom stereocenters. The maximum absolute atomic E-state index is 5.29. The molecule has 0 heterocycles. The van der Waals surface area contributed by atoms with Crippen molar-refractivity contribution >= 4 is 0 Å².